The van der Waals surface area contributed by atoms with Crippen LogP contribution in [0.1, 0.15) is 18.9 Å². The van der Waals surface area contributed by atoms with E-state index in [9.17, 15) is 21.6 Å². The Hall–Kier alpha value is -1.12. The van der Waals surface area contributed by atoms with Crippen LogP contribution < -0.4 is 10.0 Å². The molecule has 0 heterocycles. The van der Waals surface area contributed by atoms with Crippen LogP contribution in [-0.2, 0) is 16.6 Å². The van der Waals surface area contributed by atoms with Crippen molar-refractivity contribution in [3.05, 3.63) is 29.6 Å². The fourth-order valence-electron chi connectivity index (χ4n) is 1.53. The van der Waals surface area contributed by atoms with Gasteiger partial charge in [0, 0.05) is 6.54 Å². The fourth-order valence-corrected chi connectivity index (χ4v) is 2.60. The topological polar surface area (TPSA) is 58.2 Å². The van der Waals surface area contributed by atoms with E-state index in [1.807, 2.05) is 6.92 Å². The summed E-state index contributed by atoms with van der Waals surface area (Å²) in [6.45, 7) is 2.12. The van der Waals surface area contributed by atoms with Gasteiger partial charge < -0.3 is 5.32 Å². The van der Waals surface area contributed by atoms with Crippen LogP contribution in [0.3, 0.4) is 0 Å². The van der Waals surface area contributed by atoms with Crippen LogP contribution in [-0.4, -0.2) is 27.9 Å². The second-order valence-corrected chi connectivity index (χ2v) is 5.92. The van der Waals surface area contributed by atoms with Gasteiger partial charge in [0.05, 0.1) is 6.54 Å². The standard InChI is InChI=1S/C12H17F3N2O2S/c1-2-5-16-7-9-3-4-11(10(13)6-9)20(18,19)17-8-12(14)15/h3-4,6,12,16-17H,2,5,7-8H2,1H3. The van der Waals surface area contributed by atoms with Crippen LogP contribution in [0.15, 0.2) is 23.1 Å². The molecule has 2 N–H and O–H groups in total. The highest BCUT2D eigenvalue weighted by Crippen LogP contribution is 2.16. The third-order valence-corrected chi connectivity index (χ3v) is 3.93. The summed E-state index contributed by atoms with van der Waals surface area (Å²) in [5, 5.41) is 3.05. The molecule has 1 rings (SSSR count). The van der Waals surface area contributed by atoms with Crippen LogP contribution in [0.4, 0.5) is 13.2 Å². The normalized spacial score (nSPS) is 12.1. The molecule has 1 aromatic carbocycles. The van der Waals surface area contributed by atoms with Crippen molar-refractivity contribution in [1.29, 1.82) is 0 Å². The Morgan fingerprint density at radius 3 is 2.55 bits per heavy atom. The number of hydrogen-bond acceptors (Lipinski definition) is 3. The molecule has 0 atom stereocenters. The van der Waals surface area contributed by atoms with Crippen molar-refractivity contribution in [2.24, 2.45) is 0 Å². The molecule has 0 radical (unpaired) electrons. The molecule has 0 amide bonds. The maximum atomic E-state index is 13.7. The minimum atomic E-state index is -4.25. The van der Waals surface area contributed by atoms with E-state index >= 15 is 0 Å². The van der Waals surface area contributed by atoms with Gasteiger partial charge in [-0.15, -0.1) is 0 Å². The van der Waals surface area contributed by atoms with E-state index in [1.165, 1.54) is 6.07 Å². The van der Waals surface area contributed by atoms with E-state index in [4.69, 9.17) is 0 Å². The summed E-state index contributed by atoms with van der Waals surface area (Å²) in [4.78, 5) is -0.627. The smallest absolute Gasteiger partial charge is 0.251 e. The second-order valence-electron chi connectivity index (χ2n) is 4.18. The third kappa shape index (κ3) is 5.10. The first-order valence-corrected chi connectivity index (χ1v) is 7.62. The lowest BCUT2D eigenvalue weighted by molar-refractivity contribution is 0.153. The van der Waals surface area contributed by atoms with E-state index < -0.39 is 33.7 Å². The van der Waals surface area contributed by atoms with Gasteiger partial charge in [-0.25, -0.2) is 26.3 Å². The lowest BCUT2D eigenvalue weighted by Gasteiger charge is -2.09. The highest BCUT2D eigenvalue weighted by molar-refractivity contribution is 7.89. The molecule has 114 valence electrons. The minimum absolute atomic E-state index is 0.412. The largest absolute Gasteiger partial charge is 0.313 e. The van der Waals surface area contributed by atoms with Crippen molar-refractivity contribution in [2.75, 3.05) is 13.1 Å². The van der Waals surface area contributed by atoms with Crippen molar-refractivity contribution in [1.82, 2.24) is 10.0 Å². The lowest BCUT2D eigenvalue weighted by Crippen LogP contribution is -2.29. The Kier molecular flexibility index (Phi) is 6.44. The number of halogens is 3. The van der Waals surface area contributed by atoms with Gasteiger partial charge in [0.2, 0.25) is 10.0 Å². The average molecular weight is 310 g/mol. The molecule has 20 heavy (non-hydrogen) atoms. The number of alkyl halides is 2. The highest BCUT2D eigenvalue weighted by Gasteiger charge is 2.20. The monoisotopic (exact) mass is 310 g/mol. The summed E-state index contributed by atoms with van der Waals surface area (Å²) in [5.74, 6) is -0.956. The Bertz CT molecular complexity index is 536. The summed E-state index contributed by atoms with van der Waals surface area (Å²) in [5.41, 5.74) is 0.587. The van der Waals surface area contributed by atoms with Crippen LogP contribution in [0.2, 0.25) is 0 Å². The first-order chi connectivity index (χ1) is 9.36. The molecule has 1 aromatic rings. The molecule has 0 aromatic heterocycles. The van der Waals surface area contributed by atoms with Crippen LogP contribution in [0.25, 0.3) is 0 Å². The summed E-state index contributed by atoms with van der Waals surface area (Å²) in [6.07, 6.45) is -1.91. The van der Waals surface area contributed by atoms with E-state index in [0.717, 1.165) is 25.1 Å². The number of benzene rings is 1. The van der Waals surface area contributed by atoms with Gasteiger partial charge in [-0.1, -0.05) is 13.0 Å². The zero-order valence-electron chi connectivity index (χ0n) is 11.0. The van der Waals surface area contributed by atoms with E-state index in [-0.39, 0.29) is 0 Å². The average Bonchev–Trinajstić information content (AvgIpc) is 2.37. The van der Waals surface area contributed by atoms with Gasteiger partial charge in [0.25, 0.3) is 6.43 Å². The second kappa shape index (κ2) is 7.61. The third-order valence-electron chi connectivity index (χ3n) is 2.47. The van der Waals surface area contributed by atoms with Crippen molar-refractivity contribution in [3.8, 4) is 0 Å². The predicted octanol–water partition coefficient (Wildman–Crippen LogP) is 1.87. The first-order valence-electron chi connectivity index (χ1n) is 6.13. The molecule has 0 aliphatic carbocycles. The molecule has 0 fully saturated rings. The van der Waals surface area contributed by atoms with Gasteiger partial charge in [-0.05, 0) is 30.7 Å². The summed E-state index contributed by atoms with van der Waals surface area (Å²) in [6, 6.07) is 3.61. The first kappa shape index (κ1) is 16.9. The van der Waals surface area contributed by atoms with E-state index in [0.29, 0.717) is 12.1 Å². The Labute approximate surface area is 116 Å². The van der Waals surface area contributed by atoms with Crippen LogP contribution >= 0.6 is 0 Å². The molecular formula is C12H17F3N2O2S. The molecule has 0 spiro atoms. The quantitative estimate of drug-likeness (QED) is 0.721. The molecule has 8 heteroatoms. The van der Waals surface area contributed by atoms with Crippen molar-refractivity contribution in [2.45, 2.75) is 31.2 Å². The van der Waals surface area contributed by atoms with Crippen LogP contribution in [0, 0.1) is 5.82 Å². The molecule has 0 aliphatic rings. The lowest BCUT2D eigenvalue weighted by atomic mass is 10.2. The predicted molar refractivity (Wildman–Crippen MR) is 69.6 cm³/mol. The number of nitrogens with one attached hydrogen (secondary N) is 2. The Morgan fingerprint density at radius 2 is 2.00 bits per heavy atom. The minimum Gasteiger partial charge on any atom is -0.313 e. The molecule has 0 saturated heterocycles. The van der Waals surface area contributed by atoms with Gasteiger partial charge in [-0.3, -0.25) is 0 Å². The molecule has 4 nitrogen and oxygen atoms in total. The highest BCUT2D eigenvalue weighted by atomic mass is 32.2. The van der Waals surface area contributed by atoms with Crippen molar-refractivity contribution in [3.63, 3.8) is 0 Å². The van der Waals surface area contributed by atoms with E-state index in [2.05, 4.69) is 5.32 Å². The SMILES string of the molecule is CCCNCc1ccc(S(=O)(=O)NCC(F)F)c(F)c1. The van der Waals surface area contributed by atoms with Crippen molar-refractivity contribution < 1.29 is 21.6 Å². The maximum Gasteiger partial charge on any atom is 0.251 e. The number of rotatable bonds is 8. The molecule has 0 saturated carbocycles. The Morgan fingerprint density at radius 1 is 1.30 bits per heavy atom. The van der Waals surface area contributed by atoms with Gasteiger partial charge in [0.1, 0.15) is 10.7 Å². The summed E-state index contributed by atoms with van der Waals surface area (Å²) in [7, 11) is -4.25. The number of sulfonamides is 1. The fraction of sp³-hybridized carbons (Fsp3) is 0.500. The summed E-state index contributed by atoms with van der Waals surface area (Å²) >= 11 is 0. The van der Waals surface area contributed by atoms with Gasteiger partial charge in [0.15, 0.2) is 0 Å². The molecule has 0 aliphatic heterocycles. The van der Waals surface area contributed by atoms with Crippen LogP contribution in [0.5, 0.6) is 0 Å². The molecule has 0 unspecified atom stereocenters. The maximum absolute atomic E-state index is 13.7. The molecule has 0 bridgehead atoms. The molecular weight excluding hydrogens is 293 g/mol. The number of hydrogen-bond donors (Lipinski definition) is 2. The zero-order chi connectivity index (χ0) is 15.2. The van der Waals surface area contributed by atoms with Crippen molar-refractivity contribution >= 4 is 10.0 Å². The van der Waals surface area contributed by atoms with E-state index in [1.54, 1.807) is 4.72 Å². The summed E-state index contributed by atoms with van der Waals surface area (Å²) < 4.78 is 62.6. The zero-order valence-corrected chi connectivity index (χ0v) is 11.8. The Balaban J connectivity index is 2.81. The van der Waals surface area contributed by atoms with Gasteiger partial charge in [-0.2, -0.15) is 0 Å². The van der Waals surface area contributed by atoms with Gasteiger partial charge >= 0.3 is 0 Å².